The molecule has 1 aliphatic carbocycles. The van der Waals surface area contributed by atoms with E-state index in [-0.39, 0.29) is 22.9 Å². The summed E-state index contributed by atoms with van der Waals surface area (Å²) in [5.74, 6) is -0.926. The van der Waals surface area contributed by atoms with Gasteiger partial charge in [0.2, 0.25) is 5.91 Å². The molecule has 3 N–H and O–H groups in total. The van der Waals surface area contributed by atoms with E-state index in [4.69, 9.17) is 12.2 Å². The molecule has 0 spiro atoms. The molecular formula is C23H24FN3O2S. The number of amides is 2. The summed E-state index contributed by atoms with van der Waals surface area (Å²) in [5.41, 5.74) is 1.69. The van der Waals surface area contributed by atoms with Crippen molar-refractivity contribution in [2.75, 3.05) is 5.32 Å². The highest BCUT2D eigenvalue weighted by Gasteiger charge is 2.18. The molecule has 156 valence electrons. The van der Waals surface area contributed by atoms with Crippen molar-refractivity contribution in [3.63, 3.8) is 0 Å². The molecule has 3 rings (SSSR count). The van der Waals surface area contributed by atoms with Gasteiger partial charge < -0.3 is 10.6 Å². The van der Waals surface area contributed by atoms with Crippen LogP contribution in [0.5, 0.6) is 0 Å². The first-order valence-electron chi connectivity index (χ1n) is 9.97. The quantitative estimate of drug-likeness (QED) is 0.490. The number of thiocarbonyl (C=S) groups is 1. The van der Waals surface area contributed by atoms with Gasteiger partial charge in [-0.2, -0.15) is 0 Å². The summed E-state index contributed by atoms with van der Waals surface area (Å²) in [6.07, 6.45) is 8.34. The van der Waals surface area contributed by atoms with Crippen LogP contribution in [0.1, 0.15) is 48.0 Å². The van der Waals surface area contributed by atoms with E-state index in [2.05, 4.69) is 16.0 Å². The molecule has 2 amide bonds. The van der Waals surface area contributed by atoms with Crippen LogP contribution in [0, 0.1) is 5.82 Å². The second-order valence-electron chi connectivity index (χ2n) is 7.18. The molecule has 0 radical (unpaired) electrons. The van der Waals surface area contributed by atoms with Crippen molar-refractivity contribution in [1.82, 2.24) is 10.6 Å². The molecule has 0 bridgehead atoms. The van der Waals surface area contributed by atoms with Gasteiger partial charge in [0.25, 0.3) is 5.91 Å². The van der Waals surface area contributed by atoms with Gasteiger partial charge in [0.05, 0.1) is 11.3 Å². The first kappa shape index (κ1) is 21.6. The molecule has 1 aliphatic rings. The maximum atomic E-state index is 12.9. The molecule has 2 aromatic rings. The van der Waals surface area contributed by atoms with Gasteiger partial charge in [-0.1, -0.05) is 43.5 Å². The molecule has 0 unspecified atom stereocenters. The van der Waals surface area contributed by atoms with E-state index in [0.29, 0.717) is 16.8 Å². The van der Waals surface area contributed by atoms with Crippen molar-refractivity contribution in [1.29, 1.82) is 0 Å². The second kappa shape index (κ2) is 10.6. The number of benzene rings is 2. The number of halogens is 1. The second-order valence-corrected chi connectivity index (χ2v) is 7.59. The highest BCUT2D eigenvalue weighted by molar-refractivity contribution is 7.80. The average molecular weight is 426 g/mol. The minimum Gasteiger partial charge on any atom is -0.349 e. The molecule has 30 heavy (non-hydrogen) atoms. The van der Waals surface area contributed by atoms with Crippen LogP contribution in [-0.2, 0) is 4.79 Å². The Morgan fingerprint density at radius 2 is 1.70 bits per heavy atom. The van der Waals surface area contributed by atoms with Crippen LogP contribution in [0.25, 0.3) is 6.08 Å². The minimum atomic E-state index is -0.430. The largest absolute Gasteiger partial charge is 0.349 e. The van der Waals surface area contributed by atoms with E-state index in [1.54, 1.807) is 42.5 Å². The van der Waals surface area contributed by atoms with Gasteiger partial charge in [-0.3, -0.25) is 14.9 Å². The third kappa shape index (κ3) is 6.49. The topological polar surface area (TPSA) is 70.2 Å². The van der Waals surface area contributed by atoms with Gasteiger partial charge in [0.15, 0.2) is 5.11 Å². The molecule has 0 aliphatic heterocycles. The van der Waals surface area contributed by atoms with Gasteiger partial charge >= 0.3 is 0 Å². The van der Waals surface area contributed by atoms with Crippen molar-refractivity contribution in [3.8, 4) is 0 Å². The first-order valence-corrected chi connectivity index (χ1v) is 10.4. The molecule has 0 atom stereocenters. The zero-order chi connectivity index (χ0) is 21.3. The summed E-state index contributed by atoms with van der Waals surface area (Å²) >= 11 is 5.21. The maximum absolute atomic E-state index is 12.9. The number of nitrogens with one attached hydrogen (secondary N) is 3. The SMILES string of the molecule is O=C(/C=C/c1ccc(F)cc1)NC(=S)Nc1ccccc1C(=O)NC1CCCCC1. The highest BCUT2D eigenvalue weighted by Crippen LogP contribution is 2.20. The Morgan fingerprint density at radius 1 is 1.00 bits per heavy atom. The Balaban J connectivity index is 1.57. The minimum absolute atomic E-state index is 0.0849. The zero-order valence-corrected chi connectivity index (χ0v) is 17.3. The van der Waals surface area contributed by atoms with Crippen molar-refractivity contribution in [2.45, 2.75) is 38.1 Å². The Morgan fingerprint density at radius 3 is 2.43 bits per heavy atom. The van der Waals surface area contributed by atoms with E-state index < -0.39 is 5.91 Å². The molecule has 2 aromatic carbocycles. The van der Waals surface area contributed by atoms with Crippen LogP contribution < -0.4 is 16.0 Å². The lowest BCUT2D eigenvalue weighted by Gasteiger charge is -2.23. The summed E-state index contributed by atoms with van der Waals surface area (Å²) in [6.45, 7) is 0. The molecule has 1 saturated carbocycles. The Hall–Kier alpha value is -3.06. The number of anilines is 1. The summed E-state index contributed by atoms with van der Waals surface area (Å²) in [4.78, 5) is 24.8. The first-order chi connectivity index (χ1) is 14.5. The van der Waals surface area contributed by atoms with Gasteiger partial charge in [0.1, 0.15) is 5.82 Å². The van der Waals surface area contributed by atoms with Gasteiger partial charge in [0, 0.05) is 12.1 Å². The lowest BCUT2D eigenvalue weighted by molar-refractivity contribution is -0.115. The zero-order valence-electron chi connectivity index (χ0n) is 16.5. The predicted octanol–water partition coefficient (Wildman–Crippen LogP) is 4.41. The fraction of sp³-hybridized carbons (Fsp3) is 0.261. The third-order valence-corrected chi connectivity index (χ3v) is 5.10. The van der Waals surface area contributed by atoms with Crippen LogP contribution in [0.3, 0.4) is 0 Å². The van der Waals surface area contributed by atoms with E-state index in [0.717, 1.165) is 25.7 Å². The van der Waals surface area contributed by atoms with Crippen molar-refractivity contribution >= 4 is 40.9 Å². The van der Waals surface area contributed by atoms with E-state index >= 15 is 0 Å². The van der Waals surface area contributed by atoms with E-state index in [1.807, 2.05) is 0 Å². The fourth-order valence-corrected chi connectivity index (χ4v) is 3.56. The van der Waals surface area contributed by atoms with Gasteiger partial charge in [-0.05, 0) is 61.0 Å². The van der Waals surface area contributed by atoms with Crippen LogP contribution in [0.15, 0.2) is 54.6 Å². The van der Waals surface area contributed by atoms with Crippen molar-refractivity contribution < 1.29 is 14.0 Å². The van der Waals surface area contributed by atoms with E-state index in [1.165, 1.54) is 24.6 Å². The summed E-state index contributed by atoms with van der Waals surface area (Å²) < 4.78 is 12.9. The number of carbonyl (C=O) groups excluding carboxylic acids is 2. The maximum Gasteiger partial charge on any atom is 0.253 e. The van der Waals surface area contributed by atoms with Gasteiger partial charge in [-0.25, -0.2) is 4.39 Å². The molecule has 0 heterocycles. The van der Waals surface area contributed by atoms with Crippen LogP contribution in [0.2, 0.25) is 0 Å². The molecule has 1 fully saturated rings. The predicted molar refractivity (Wildman–Crippen MR) is 121 cm³/mol. The van der Waals surface area contributed by atoms with E-state index in [9.17, 15) is 14.0 Å². The van der Waals surface area contributed by atoms with Crippen LogP contribution >= 0.6 is 12.2 Å². The summed E-state index contributed by atoms with van der Waals surface area (Å²) in [7, 11) is 0. The number of carbonyl (C=O) groups is 2. The standard InChI is InChI=1S/C23H24FN3O2S/c24-17-13-10-16(11-14-17)12-15-21(28)27-23(30)26-20-9-5-4-8-19(20)22(29)25-18-6-2-1-3-7-18/h4-5,8-15,18H,1-3,6-7H2,(H,25,29)(H2,26,27,28,30)/b15-12+. The van der Waals surface area contributed by atoms with Crippen LogP contribution in [0.4, 0.5) is 10.1 Å². The van der Waals surface area contributed by atoms with Crippen LogP contribution in [-0.4, -0.2) is 23.0 Å². The average Bonchev–Trinajstić information content (AvgIpc) is 2.74. The van der Waals surface area contributed by atoms with Gasteiger partial charge in [-0.15, -0.1) is 0 Å². The normalized spacial score (nSPS) is 14.3. The Labute approximate surface area is 180 Å². The molecule has 0 aromatic heterocycles. The smallest absolute Gasteiger partial charge is 0.253 e. The molecule has 7 heteroatoms. The van der Waals surface area contributed by atoms with Crippen molar-refractivity contribution in [3.05, 3.63) is 71.6 Å². The third-order valence-electron chi connectivity index (χ3n) is 4.89. The number of hydrogen-bond acceptors (Lipinski definition) is 3. The lowest BCUT2D eigenvalue weighted by atomic mass is 9.95. The molecule has 0 saturated heterocycles. The Kier molecular flexibility index (Phi) is 7.68. The van der Waals surface area contributed by atoms with Crippen molar-refractivity contribution in [2.24, 2.45) is 0 Å². The molecule has 5 nitrogen and oxygen atoms in total. The molecular weight excluding hydrogens is 401 g/mol. The number of rotatable bonds is 5. The number of hydrogen-bond donors (Lipinski definition) is 3. The summed E-state index contributed by atoms with van der Waals surface area (Å²) in [6, 6.07) is 13.0. The lowest BCUT2D eigenvalue weighted by Crippen LogP contribution is -2.37. The monoisotopic (exact) mass is 425 g/mol. The number of para-hydroxylation sites is 1. The summed E-state index contributed by atoms with van der Waals surface area (Å²) in [5, 5.41) is 8.64. The Bertz CT molecular complexity index is 938. The highest BCUT2D eigenvalue weighted by atomic mass is 32.1. The fourth-order valence-electron chi connectivity index (χ4n) is 3.35.